The van der Waals surface area contributed by atoms with Gasteiger partial charge in [0.2, 0.25) is 0 Å². The van der Waals surface area contributed by atoms with Crippen molar-refractivity contribution in [3.63, 3.8) is 0 Å². The van der Waals surface area contributed by atoms with Crippen LogP contribution in [-0.2, 0) is 0 Å². The third-order valence-corrected chi connectivity index (χ3v) is 2.90. The molecule has 0 aromatic rings. The van der Waals surface area contributed by atoms with Crippen molar-refractivity contribution >= 4 is 0 Å². The second-order valence-electron chi connectivity index (χ2n) is 3.40. The number of nitrogens with zero attached hydrogens (tertiary/aromatic N) is 1. The summed E-state index contributed by atoms with van der Waals surface area (Å²) in [5, 5.41) is 0. The Balaban J connectivity index is 1.68. The van der Waals surface area contributed by atoms with Gasteiger partial charge in [-0.1, -0.05) is 6.42 Å². The number of hydrogen-bond donors (Lipinski definition) is 0. The molecule has 2 saturated carbocycles. The number of likely N-dealkylation sites (tertiary alicyclic amines) is 1. The van der Waals surface area contributed by atoms with Crippen LogP contribution >= 0.6 is 0 Å². The highest BCUT2D eigenvalue weighted by Gasteiger charge is 2.65. The Morgan fingerprint density at radius 1 is 1.12 bits per heavy atom. The van der Waals surface area contributed by atoms with E-state index < -0.39 is 0 Å². The summed E-state index contributed by atoms with van der Waals surface area (Å²) in [5.74, 6) is 0. The molecule has 0 aromatic heterocycles. The van der Waals surface area contributed by atoms with Gasteiger partial charge in [-0.05, 0) is 19.3 Å². The predicted molar refractivity (Wildman–Crippen MR) is 31.7 cm³/mol. The molecular weight excluding hydrogens is 98.1 g/mol. The molecule has 3 fully saturated rings. The van der Waals surface area contributed by atoms with Gasteiger partial charge in [0.05, 0.1) is 0 Å². The Kier molecular flexibility index (Phi) is 0.472. The third kappa shape index (κ3) is 0.304. The summed E-state index contributed by atoms with van der Waals surface area (Å²) in [5.41, 5.74) is 0. The zero-order chi connectivity index (χ0) is 5.14. The van der Waals surface area contributed by atoms with E-state index in [1.807, 2.05) is 0 Å². The van der Waals surface area contributed by atoms with Gasteiger partial charge >= 0.3 is 0 Å². The fraction of sp³-hybridized carbons (Fsp3) is 1.00. The van der Waals surface area contributed by atoms with Gasteiger partial charge in [0.15, 0.2) is 0 Å². The van der Waals surface area contributed by atoms with Crippen LogP contribution in [0.15, 0.2) is 0 Å². The second kappa shape index (κ2) is 0.971. The molecule has 2 unspecified atom stereocenters. The van der Waals surface area contributed by atoms with Crippen LogP contribution in [0, 0.1) is 0 Å². The molecule has 0 radical (unpaired) electrons. The van der Waals surface area contributed by atoms with E-state index >= 15 is 0 Å². The van der Waals surface area contributed by atoms with Gasteiger partial charge in [-0.2, -0.15) is 0 Å². The molecule has 44 valence electrons. The molecule has 1 aliphatic heterocycles. The third-order valence-electron chi connectivity index (χ3n) is 2.90. The predicted octanol–water partition coefficient (Wildman–Crippen LogP) is 0.995. The largest absolute Gasteiger partial charge is 0.291 e. The van der Waals surface area contributed by atoms with Crippen molar-refractivity contribution in [2.24, 2.45) is 0 Å². The van der Waals surface area contributed by atoms with Crippen molar-refractivity contribution in [3.05, 3.63) is 0 Å². The SMILES string of the molecule is C1CC(N2C3CC32)C1. The summed E-state index contributed by atoms with van der Waals surface area (Å²) in [7, 11) is 0. The minimum absolute atomic E-state index is 1.05. The van der Waals surface area contributed by atoms with E-state index in [0.29, 0.717) is 0 Å². The maximum Gasteiger partial charge on any atom is 0.0274 e. The van der Waals surface area contributed by atoms with Crippen LogP contribution in [-0.4, -0.2) is 23.0 Å². The normalized spacial score (nSPS) is 59.2. The summed E-state index contributed by atoms with van der Waals surface area (Å²) in [4.78, 5) is 2.70. The zero-order valence-electron chi connectivity index (χ0n) is 5.01. The van der Waals surface area contributed by atoms with E-state index in [4.69, 9.17) is 0 Å². The minimum Gasteiger partial charge on any atom is -0.291 e. The van der Waals surface area contributed by atoms with Crippen molar-refractivity contribution < 1.29 is 0 Å². The lowest BCUT2D eigenvalue weighted by Gasteiger charge is -2.29. The van der Waals surface area contributed by atoms with Crippen molar-refractivity contribution in [3.8, 4) is 0 Å². The molecule has 3 aliphatic rings. The van der Waals surface area contributed by atoms with Crippen molar-refractivity contribution in [1.29, 1.82) is 0 Å². The Hall–Kier alpha value is -0.0400. The fourth-order valence-electron chi connectivity index (χ4n) is 1.86. The quantitative estimate of drug-likeness (QED) is 0.454. The van der Waals surface area contributed by atoms with Crippen LogP contribution in [0.2, 0.25) is 0 Å². The van der Waals surface area contributed by atoms with Gasteiger partial charge in [-0.3, -0.25) is 4.90 Å². The van der Waals surface area contributed by atoms with Crippen LogP contribution in [0.5, 0.6) is 0 Å². The highest BCUT2D eigenvalue weighted by atomic mass is 15.5. The molecule has 0 spiro atoms. The minimum atomic E-state index is 1.05. The van der Waals surface area contributed by atoms with Gasteiger partial charge in [-0.15, -0.1) is 0 Å². The molecule has 1 saturated heterocycles. The summed E-state index contributed by atoms with van der Waals surface area (Å²) in [6.45, 7) is 0. The summed E-state index contributed by atoms with van der Waals surface area (Å²) < 4.78 is 0. The van der Waals surface area contributed by atoms with E-state index in [0.717, 1.165) is 18.1 Å². The first-order chi connectivity index (χ1) is 3.97. The molecule has 0 N–H and O–H groups in total. The van der Waals surface area contributed by atoms with Crippen LogP contribution in [0.1, 0.15) is 25.7 Å². The average Bonchev–Trinajstić information content (AvgIpc) is 2.32. The number of fused-ring (bicyclic) bond motifs is 1. The molecule has 1 heteroatoms. The fourth-order valence-corrected chi connectivity index (χ4v) is 1.86. The molecule has 2 aliphatic carbocycles. The lowest BCUT2D eigenvalue weighted by molar-refractivity contribution is 0.204. The van der Waals surface area contributed by atoms with Gasteiger partial charge in [0.25, 0.3) is 0 Å². The number of rotatable bonds is 1. The van der Waals surface area contributed by atoms with Gasteiger partial charge in [0, 0.05) is 18.1 Å². The molecule has 0 amide bonds. The first-order valence-corrected chi connectivity index (χ1v) is 3.74. The summed E-state index contributed by atoms with van der Waals surface area (Å²) in [6, 6.07) is 3.25. The Morgan fingerprint density at radius 3 is 2.00 bits per heavy atom. The second-order valence-corrected chi connectivity index (χ2v) is 3.40. The molecule has 2 atom stereocenters. The average molecular weight is 109 g/mol. The molecule has 1 nitrogen and oxygen atoms in total. The first-order valence-electron chi connectivity index (χ1n) is 3.74. The first kappa shape index (κ1) is 3.89. The standard InChI is InChI=1S/C7H11N/c1-2-5(3-1)8-6-4-7(6)8/h5-7H,1-4H2. The van der Waals surface area contributed by atoms with Gasteiger partial charge in [-0.25, -0.2) is 0 Å². The molecule has 3 rings (SSSR count). The molecular formula is C7H11N. The molecule has 1 heterocycles. The Morgan fingerprint density at radius 2 is 1.88 bits per heavy atom. The van der Waals surface area contributed by atoms with E-state index in [2.05, 4.69) is 4.90 Å². The van der Waals surface area contributed by atoms with Gasteiger partial charge in [0.1, 0.15) is 0 Å². The zero-order valence-corrected chi connectivity index (χ0v) is 5.01. The molecule has 0 aromatic carbocycles. The Labute approximate surface area is 49.7 Å². The Bertz CT molecular complexity index is 120. The highest BCUT2D eigenvalue weighted by Crippen LogP contribution is 2.55. The maximum absolute atomic E-state index is 2.70. The van der Waals surface area contributed by atoms with Crippen molar-refractivity contribution in [2.75, 3.05) is 0 Å². The topological polar surface area (TPSA) is 3.01 Å². The highest BCUT2D eigenvalue weighted by molar-refractivity contribution is 5.21. The van der Waals surface area contributed by atoms with Crippen LogP contribution in [0.3, 0.4) is 0 Å². The maximum atomic E-state index is 2.70. The summed E-state index contributed by atoms with van der Waals surface area (Å²) in [6.07, 6.45) is 6.05. The lowest BCUT2D eigenvalue weighted by Crippen LogP contribution is -2.31. The molecule has 0 bridgehead atoms. The van der Waals surface area contributed by atoms with Crippen LogP contribution < -0.4 is 0 Å². The monoisotopic (exact) mass is 109 g/mol. The number of hydrogen-bond acceptors (Lipinski definition) is 1. The summed E-state index contributed by atoms with van der Waals surface area (Å²) >= 11 is 0. The van der Waals surface area contributed by atoms with Crippen LogP contribution in [0.25, 0.3) is 0 Å². The molecule has 8 heavy (non-hydrogen) atoms. The van der Waals surface area contributed by atoms with E-state index in [1.54, 1.807) is 0 Å². The lowest BCUT2D eigenvalue weighted by atomic mass is 9.92. The van der Waals surface area contributed by atoms with Crippen LogP contribution in [0.4, 0.5) is 0 Å². The van der Waals surface area contributed by atoms with E-state index in [9.17, 15) is 0 Å². The van der Waals surface area contributed by atoms with E-state index in [1.165, 1.54) is 25.7 Å². The van der Waals surface area contributed by atoms with Gasteiger partial charge < -0.3 is 0 Å². The smallest absolute Gasteiger partial charge is 0.0274 e. The van der Waals surface area contributed by atoms with E-state index in [-0.39, 0.29) is 0 Å². The van der Waals surface area contributed by atoms with Crippen molar-refractivity contribution in [1.82, 2.24) is 4.90 Å². The van der Waals surface area contributed by atoms with Crippen molar-refractivity contribution in [2.45, 2.75) is 43.8 Å².